The summed E-state index contributed by atoms with van der Waals surface area (Å²) in [5, 5.41) is 0. The van der Waals surface area contributed by atoms with Crippen LogP contribution in [0.1, 0.15) is 26.2 Å². The van der Waals surface area contributed by atoms with Crippen LogP contribution in [-0.4, -0.2) is 25.6 Å². The van der Waals surface area contributed by atoms with Gasteiger partial charge in [0.05, 0.1) is 12.4 Å². The van der Waals surface area contributed by atoms with Gasteiger partial charge in [0.25, 0.3) is 0 Å². The molecular formula is C10H18N2O. The second-order valence-electron chi connectivity index (χ2n) is 4.63. The van der Waals surface area contributed by atoms with Crippen molar-refractivity contribution in [3.63, 3.8) is 0 Å². The van der Waals surface area contributed by atoms with Crippen molar-refractivity contribution >= 4 is 5.84 Å². The quantitative estimate of drug-likeness (QED) is 0.526. The van der Waals surface area contributed by atoms with Crippen LogP contribution in [0, 0.1) is 11.3 Å². The Kier molecular flexibility index (Phi) is 2.28. The van der Waals surface area contributed by atoms with E-state index in [-0.39, 0.29) is 5.41 Å². The molecule has 0 spiro atoms. The molecule has 1 heterocycles. The first-order valence-electron chi connectivity index (χ1n) is 5.07. The van der Waals surface area contributed by atoms with Gasteiger partial charge >= 0.3 is 0 Å². The Labute approximate surface area is 79.4 Å². The molecule has 1 saturated heterocycles. The van der Waals surface area contributed by atoms with Crippen molar-refractivity contribution in [2.45, 2.75) is 26.2 Å². The van der Waals surface area contributed by atoms with Crippen LogP contribution in [0.15, 0.2) is 4.99 Å². The van der Waals surface area contributed by atoms with Gasteiger partial charge in [0.2, 0.25) is 0 Å². The molecule has 1 atom stereocenters. The molecule has 74 valence electrons. The predicted molar refractivity (Wildman–Crippen MR) is 52.8 cm³/mol. The van der Waals surface area contributed by atoms with Crippen LogP contribution in [0.4, 0.5) is 0 Å². The number of nitrogens with zero attached hydrogens (tertiary/aromatic N) is 1. The summed E-state index contributed by atoms with van der Waals surface area (Å²) < 4.78 is 5.36. The summed E-state index contributed by atoms with van der Waals surface area (Å²) in [5.74, 6) is 1.47. The fraction of sp³-hybridized carbons (Fsp3) is 0.900. The van der Waals surface area contributed by atoms with Gasteiger partial charge in [-0.3, -0.25) is 4.99 Å². The zero-order chi connectivity index (χ0) is 9.31. The van der Waals surface area contributed by atoms with Gasteiger partial charge in [0.15, 0.2) is 0 Å². The van der Waals surface area contributed by atoms with Crippen LogP contribution < -0.4 is 5.73 Å². The number of rotatable bonds is 3. The maximum absolute atomic E-state index is 5.83. The largest absolute Gasteiger partial charge is 0.387 e. The zero-order valence-electron chi connectivity index (χ0n) is 8.25. The molecule has 2 rings (SSSR count). The summed E-state index contributed by atoms with van der Waals surface area (Å²) in [4.78, 5) is 4.45. The fourth-order valence-electron chi connectivity index (χ4n) is 1.62. The lowest BCUT2D eigenvalue weighted by atomic mass is 9.90. The van der Waals surface area contributed by atoms with Crippen molar-refractivity contribution in [3.8, 4) is 0 Å². The van der Waals surface area contributed by atoms with Crippen molar-refractivity contribution in [2.24, 2.45) is 22.1 Å². The van der Waals surface area contributed by atoms with E-state index >= 15 is 0 Å². The lowest BCUT2D eigenvalue weighted by Crippen LogP contribution is -2.23. The maximum atomic E-state index is 5.83. The van der Waals surface area contributed by atoms with E-state index in [0.717, 1.165) is 32.0 Å². The molecule has 1 aliphatic heterocycles. The number of ether oxygens (including phenoxy) is 1. The molecular weight excluding hydrogens is 164 g/mol. The third kappa shape index (κ3) is 2.21. The Morgan fingerprint density at radius 1 is 1.62 bits per heavy atom. The Balaban J connectivity index is 1.85. The van der Waals surface area contributed by atoms with Crippen molar-refractivity contribution in [1.82, 2.24) is 0 Å². The summed E-state index contributed by atoms with van der Waals surface area (Å²) in [6, 6.07) is 0. The van der Waals surface area contributed by atoms with Crippen LogP contribution in [0.5, 0.6) is 0 Å². The first-order chi connectivity index (χ1) is 6.20. The summed E-state index contributed by atoms with van der Waals surface area (Å²) in [7, 11) is 0. The van der Waals surface area contributed by atoms with Crippen molar-refractivity contribution in [1.29, 1.82) is 0 Å². The number of nitrogens with two attached hydrogens (primary N) is 1. The SMILES string of the molecule is CC1(CN=C(N)C2CC2)CCOC1. The predicted octanol–water partition coefficient (Wildman–Crippen LogP) is 1.18. The minimum absolute atomic E-state index is 0.250. The molecule has 0 aromatic rings. The van der Waals surface area contributed by atoms with Gasteiger partial charge in [-0.15, -0.1) is 0 Å². The summed E-state index contributed by atoms with van der Waals surface area (Å²) in [6.07, 6.45) is 3.60. The van der Waals surface area contributed by atoms with Gasteiger partial charge < -0.3 is 10.5 Å². The highest BCUT2D eigenvalue weighted by atomic mass is 16.5. The topological polar surface area (TPSA) is 47.6 Å². The molecule has 3 nitrogen and oxygen atoms in total. The summed E-state index contributed by atoms with van der Waals surface area (Å²) >= 11 is 0. The van der Waals surface area contributed by atoms with Crippen molar-refractivity contribution in [2.75, 3.05) is 19.8 Å². The average molecular weight is 182 g/mol. The molecule has 2 aliphatic rings. The molecule has 3 heteroatoms. The van der Waals surface area contributed by atoms with Crippen LogP contribution in [0.2, 0.25) is 0 Å². The fourth-order valence-corrected chi connectivity index (χ4v) is 1.62. The van der Waals surface area contributed by atoms with Crippen LogP contribution >= 0.6 is 0 Å². The summed E-state index contributed by atoms with van der Waals surface area (Å²) in [5.41, 5.74) is 6.07. The van der Waals surface area contributed by atoms with E-state index in [9.17, 15) is 0 Å². The Morgan fingerprint density at radius 2 is 2.38 bits per heavy atom. The number of hydrogen-bond donors (Lipinski definition) is 1. The lowest BCUT2D eigenvalue weighted by molar-refractivity contribution is 0.163. The van der Waals surface area contributed by atoms with Gasteiger partial charge in [-0.2, -0.15) is 0 Å². The molecule has 13 heavy (non-hydrogen) atoms. The first kappa shape index (κ1) is 9.00. The second kappa shape index (κ2) is 3.29. The standard InChI is InChI=1S/C10H18N2O/c1-10(4-5-13-7-10)6-12-9(11)8-2-3-8/h8H,2-7H2,1H3,(H2,11,12). The smallest absolute Gasteiger partial charge is 0.0968 e. The van der Waals surface area contributed by atoms with Crippen LogP contribution in [0.25, 0.3) is 0 Å². The lowest BCUT2D eigenvalue weighted by Gasteiger charge is -2.18. The normalized spacial score (nSPS) is 35.3. The molecule has 1 unspecified atom stereocenters. The zero-order valence-corrected chi connectivity index (χ0v) is 8.25. The third-order valence-corrected chi connectivity index (χ3v) is 2.94. The number of amidine groups is 1. The van der Waals surface area contributed by atoms with Crippen LogP contribution in [-0.2, 0) is 4.74 Å². The summed E-state index contributed by atoms with van der Waals surface area (Å²) in [6.45, 7) is 4.79. The molecule has 1 saturated carbocycles. The van der Waals surface area contributed by atoms with Gasteiger partial charge in [-0.25, -0.2) is 0 Å². The average Bonchev–Trinajstić information content (AvgIpc) is 2.87. The van der Waals surface area contributed by atoms with E-state index in [2.05, 4.69) is 11.9 Å². The molecule has 0 aromatic carbocycles. The van der Waals surface area contributed by atoms with Gasteiger partial charge in [0, 0.05) is 24.5 Å². The second-order valence-corrected chi connectivity index (χ2v) is 4.63. The van der Waals surface area contributed by atoms with E-state index in [0.29, 0.717) is 5.92 Å². The highest BCUT2D eigenvalue weighted by Crippen LogP contribution is 2.31. The molecule has 0 bridgehead atoms. The highest BCUT2D eigenvalue weighted by molar-refractivity contribution is 5.84. The van der Waals surface area contributed by atoms with E-state index in [1.807, 2.05) is 0 Å². The van der Waals surface area contributed by atoms with E-state index in [1.54, 1.807) is 0 Å². The van der Waals surface area contributed by atoms with E-state index in [1.165, 1.54) is 12.8 Å². The monoisotopic (exact) mass is 182 g/mol. The molecule has 0 radical (unpaired) electrons. The van der Waals surface area contributed by atoms with E-state index in [4.69, 9.17) is 10.5 Å². The Bertz CT molecular complexity index is 215. The molecule has 0 aromatic heterocycles. The molecule has 2 N–H and O–H groups in total. The highest BCUT2D eigenvalue weighted by Gasteiger charge is 2.31. The molecule has 1 aliphatic carbocycles. The van der Waals surface area contributed by atoms with Gasteiger partial charge in [-0.05, 0) is 19.3 Å². The molecule has 0 amide bonds. The van der Waals surface area contributed by atoms with E-state index < -0.39 is 0 Å². The maximum Gasteiger partial charge on any atom is 0.0968 e. The molecule has 2 fully saturated rings. The Morgan fingerprint density at radius 3 is 2.92 bits per heavy atom. The minimum atomic E-state index is 0.250. The van der Waals surface area contributed by atoms with Crippen molar-refractivity contribution < 1.29 is 4.74 Å². The third-order valence-electron chi connectivity index (χ3n) is 2.94. The van der Waals surface area contributed by atoms with Gasteiger partial charge in [-0.1, -0.05) is 6.92 Å². The van der Waals surface area contributed by atoms with Crippen molar-refractivity contribution in [3.05, 3.63) is 0 Å². The Hall–Kier alpha value is -0.570. The van der Waals surface area contributed by atoms with Gasteiger partial charge in [0.1, 0.15) is 0 Å². The number of hydrogen-bond acceptors (Lipinski definition) is 2. The van der Waals surface area contributed by atoms with Crippen LogP contribution in [0.3, 0.4) is 0 Å². The minimum Gasteiger partial charge on any atom is -0.387 e. The first-order valence-corrected chi connectivity index (χ1v) is 5.07. The number of aliphatic imine (C=N–C) groups is 1.